The van der Waals surface area contributed by atoms with Crippen LogP contribution in [0.3, 0.4) is 0 Å². The molecule has 0 rings (SSSR count). The number of unbranched alkanes of at least 4 members (excludes halogenated alkanes) is 14. The van der Waals surface area contributed by atoms with Gasteiger partial charge in [-0.1, -0.05) is 96.8 Å². The number of hydrogen-bond donors (Lipinski definition) is 3. The van der Waals surface area contributed by atoms with E-state index in [-0.39, 0.29) is 19.2 Å². The maximum Gasteiger partial charge on any atom is 0.408 e. The maximum absolute atomic E-state index is 12.5. The number of carboxylic acid groups (broad SMARTS) is 1. The highest BCUT2D eigenvalue weighted by Gasteiger charge is 2.27. The summed E-state index contributed by atoms with van der Waals surface area (Å²) >= 11 is 0. The van der Waals surface area contributed by atoms with Gasteiger partial charge in [0.15, 0.2) is 0 Å². The monoisotopic (exact) mass is 602 g/mol. The molecule has 3 N–H and O–H groups in total. The lowest BCUT2D eigenvalue weighted by Crippen LogP contribution is -2.50. The number of ether oxygens (including phenoxy) is 4. The van der Waals surface area contributed by atoms with Crippen molar-refractivity contribution in [1.29, 1.82) is 0 Å². The molecular formula is C31H58N2O9. The predicted octanol–water partition coefficient (Wildman–Crippen LogP) is 6.51. The van der Waals surface area contributed by atoms with E-state index in [0.717, 1.165) is 19.3 Å². The molecule has 0 spiro atoms. The fourth-order valence-electron chi connectivity index (χ4n) is 4.19. The van der Waals surface area contributed by atoms with Crippen LogP contribution in [0.25, 0.3) is 0 Å². The highest BCUT2D eigenvalue weighted by atomic mass is 16.6. The molecule has 0 aromatic rings. The van der Waals surface area contributed by atoms with Crippen LogP contribution in [0.4, 0.5) is 9.59 Å². The van der Waals surface area contributed by atoms with Gasteiger partial charge in [-0.2, -0.15) is 0 Å². The second kappa shape index (κ2) is 25.0. The first-order chi connectivity index (χ1) is 20.0. The van der Waals surface area contributed by atoms with Crippen molar-refractivity contribution in [2.75, 3.05) is 26.9 Å². The molecule has 246 valence electrons. The van der Waals surface area contributed by atoms with E-state index in [2.05, 4.69) is 12.2 Å². The van der Waals surface area contributed by atoms with Gasteiger partial charge >= 0.3 is 24.1 Å². The van der Waals surface area contributed by atoms with E-state index in [1.54, 1.807) is 20.8 Å². The van der Waals surface area contributed by atoms with Crippen LogP contribution in [-0.2, 0) is 28.5 Å². The van der Waals surface area contributed by atoms with Crippen LogP contribution in [0, 0.1) is 0 Å². The summed E-state index contributed by atoms with van der Waals surface area (Å²) in [5, 5.41) is 13.2. The first-order valence-electron chi connectivity index (χ1n) is 15.8. The van der Waals surface area contributed by atoms with Gasteiger partial charge in [-0.25, -0.2) is 14.4 Å². The average molecular weight is 603 g/mol. The summed E-state index contributed by atoms with van der Waals surface area (Å²) in [5.74, 6) is -1.23. The van der Waals surface area contributed by atoms with Crippen molar-refractivity contribution < 1.29 is 43.2 Å². The minimum Gasteiger partial charge on any atom is -0.465 e. The summed E-state index contributed by atoms with van der Waals surface area (Å²) in [7, 11) is 1.39. The number of rotatable bonds is 25. The molecule has 0 radical (unpaired) electrons. The van der Waals surface area contributed by atoms with E-state index in [1.807, 2.05) is 5.32 Å². The van der Waals surface area contributed by atoms with Gasteiger partial charge in [-0.3, -0.25) is 4.79 Å². The molecule has 0 bridgehead atoms. The first kappa shape index (κ1) is 39.4. The van der Waals surface area contributed by atoms with Gasteiger partial charge in [-0.15, -0.1) is 0 Å². The zero-order valence-electron chi connectivity index (χ0n) is 26.8. The number of esters is 2. The zero-order chi connectivity index (χ0) is 31.6. The van der Waals surface area contributed by atoms with Crippen LogP contribution >= 0.6 is 0 Å². The second-order valence-electron chi connectivity index (χ2n) is 11.8. The Bertz CT molecular complexity index is 740. The fraction of sp³-hybridized carbons (Fsp3) is 0.871. The minimum absolute atomic E-state index is 0.0983. The SMILES string of the molecule is CCCCCCCCCCCCCCCCCC(=O)OCC(COC(=O)C(CNC(=O)O)NC(=O)OC(C)(C)C)OC. The minimum atomic E-state index is -1.37. The zero-order valence-corrected chi connectivity index (χ0v) is 26.8. The molecule has 0 aromatic carbocycles. The highest BCUT2D eigenvalue weighted by molar-refractivity contribution is 5.82. The summed E-state index contributed by atoms with van der Waals surface area (Å²) in [5.41, 5.74) is -0.809. The van der Waals surface area contributed by atoms with Gasteiger partial charge in [-0.05, 0) is 27.2 Å². The number of methoxy groups -OCH3 is 1. The predicted molar refractivity (Wildman–Crippen MR) is 161 cm³/mol. The number of hydrogen-bond acceptors (Lipinski definition) is 8. The summed E-state index contributed by atoms with van der Waals surface area (Å²) in [6.45, 7) is 6.44. The Morgan fingerprint density at radius 2 is 1.21 bits per heavy atom. The standard InChI is InChI=1S/C31H58N2O9/c1-6-7-8-9-10-11-12-13-14-15-16-17-18-19-20-21-27(34)40-23-25(39-5)24-41-28(35)26(22-32-29(36)37)33-30(38)42-31(2,3)4/h25-26,32H,6-24H2,1-5H3,(H,33,38)(H,36,37). The molecule has 0 saturated carbocycles. The molecule has 2 unspecified atom stereocenters. The van der Waals surface area contributed by atoms with Crippen LogP contribution in [0.5, 0.6) is 0 Å². The van der Waals surface area contributed by atoms with Gasteiger partial charge < -0.3 is 34.7 Å². The number of nitrogens with one attached hydrogen (secondary N) is 2. The van der Waals surface area contributed by atoms with Gasteiger partial charge in [0.05, 0.1) is 6.54 Å². The topological polar surface area (TPSA) is 149 Å². The summed E-state index contributed by atoms with van der Waals surface area (Å²) in [6.07, 6.45) is 16.1. The fourth-order valence-corrected chi connectivity index (χ4v) is 4.19. The largest absolute Gasteiger partial charge is 0.465 e. The third-order valence-corrected chi connectivity index (χ3v) is 6.59. The van der Waals surface area contributed by atoms with Crippen molar-refractivity contribution in [3.63, 3.8) is 0 Å². The molecule has 11 heteroatoms. The molecule has 0 aliphatic carbocycles. The number of alkyl carbamates (subject to hydrolysis) is 1. The van der Waals surface area contributed by atoms with Crippen molar-refractivity contribution in [3.05, 3.63) is 0 Å². The third-order valence-electron chi connectivity index (χ3n) is 6.59. The molecule has 2 amide bonds. The van der Waals surface area contributed by atoms with E-state index in [4.69, 9.17) is 24.1 Å². The van der Waals surface area contributed by atoms with Gasteiger partial charge in [0.1, 0.15) is 31.0 Å². The van der Waals surface area contributed by atoms with Crippen LogP contribution in [0.15, 0.2) is 0 Å². The lowest BCUT2D eigenvalue weighted by Gasteiger charge is -2.23. The molecule has 42 heavy (non-hydrogen) atoms. The number of carbonyl (C=O) groups is 4. The molecule has 0 heterocycles. The van der Waals surface area contributed by atoms with E-state index < -0.39 is 42.4 Å². The molecular weight excluding hydrogens is 544 g/mol. The van der Waals surface area contributed by atoms with Crippen LogP contribution in [0.1, 0.15) is 130 Å². The highest BCUT2D eigenvalue weighted by Crippen LogP contribution is 2.14. The van der Waals surface area contributed by atoms with Crippen molar-refractivity contribution in [2.24, 2.45) is 0 Å². The summed E-state index contributed by atoms with van der Waals surface area (Å²) in [4.78, 5) is 47.5. The van der Waals surface area contributed by atoms with Gasteiger partial charge in [0.25, 0.3) is 0 Å². The van der Waals surface area contributed by atoms with Crippen LogP contribution in [0.2, 0.25) is 0 Å². The van der Waals surface area contributed by atoms with E-state index in [0.29, 0.717) is 6.42 Å². The quantitative estimate of drug-likeness (QED) is 0.0604. The normalized spacial score (nSPS) is 12.7. The van der Waals surface area contributed by atoms with Gasteiger partial charge in [0, 0.05) is 13.5 Å². The molecule has 11 nitrogen and oxygen atoms in total. The Balaban J connectivity index is 4.06. The molecule has 0 fully saturated rings. The van der Waals surface area contributed by atoms with Crippen LogP contribution in [-0.4, -0.2) is 73.8 Å². The first-order valence-corrected chi connectivity index (χ1v) is 15.8. The maximum atomic E-state index is 12.5. The molecule has 2 atom stereocenters. The Labute approximate surface area is 253 Å². The van der Waals surface area contributed by atoms with Crippen LogP contribution < -0.4 is 10.6 Å². The van der Waals surface area contributed by atoms with Crippen molar-refractivity contribution in [1.82, 2.24) is 10.6 Å². The van der Waals surface area contributed by atoms with Crippen molar-refractivity contribution in [2.45, 2.75) is 148 Å². The summed E-state index contributed by atoms with van der Waals surface area (Å²) in [6, 6.07) is -1.32. The van der Waals surface area contributed by atoms with E-state index in [1.165, 1.54) is 84.2 Å². The van der Waals surface area contributed by atoms with Crippen molar-refractivity contribution in [3.8, 4) is 0 Å². The van der Waals surface area contributed by atoms with Crippen molar-refractivity contribution >= 4 is 24.1 Å². The Kier molecular flexibility index (Phi) is 23.5. The Morgan fingerprint density at radius 3 is 1.67 bits per heavy atom. The molecule has 0 aliphatic heterocycles. The lowest BCUT2D eigenvalue weighted by molar-refractivity contribution is -0.155. The smallest absolute Gasteiger partial charge is 0.408 e. The molecule has 0 aromatic heterocycles. The average Bonchev–Trinajstić information content (AvgIpc) is 2.91. The Hall–Kier alpha value is -2.56. The number of carbonyl (C=O) groups excluding carboxylic acids is 3. The molecule has 0 saturated heterocycles. The lowest BCUT2D eigenvalue weighted by atomic mass is 10.0. The number of amides is 2. The van der Waals surface area contributed by atoms with E-state index >= 15 is 0 Å². The third kappa shape index (κ3) is 25.2. The summed E-state index contributed by atoms with van der Waals surface area (Å²) < 4.78 is 20.8. The Morgan fingerprint density at radius 1 is 0.738 bits per heavy atom. The van der Waals surface area contributed by atoms with E-state index in [9.17, 15) is 19.2 Å². The molecule has 0 aliphatic rings. The second-order valence-corrected chi connectivity index (χ2v) is 11.8. The van der Waals surface area contributed by atoms with Gasteiger partial charge in [0.2, 0.25) is 0 Å².